The van der Waals surface area contributed by atoms with Crippen LogP contribution >= 0.6 is 0 Å². The van der Waals surface area contributed by atoms with Crippen LogP contribution in [0.25, 0.3) is 0 Å². The number of hydrogen-bond acceptors (Lipinski definition) is 2. The van der Waals surface area contributed by atoms with Gasteiger partial charge in [0, 0.05) is 26.6 Å². The van der Waals surface area contributed by atoms with Gasteiger partial charge in [-0.25, -0.2) is 0 Å². The molecule has 1 saturated heterocycles. The number of nitrogens with zero attached hydrogens (tertiary/aromatic N) is 1. The molecule has 0 aromatic carbocycles. The number of likely N-dealkylation sites (tertiary alicyclic amines) is 1. The number of carbonyl (C=O) groups excluding carboxylic acids is 2. The third kappa shape index (κ3) is 2.20. The topological polar surface area (TPSA) is 49.4 Å². The maximum atomic E-state index is 11.3. The van der Waals surface area contributed by atoms with E-state index in [0.29, 0.717) is 13.0 Å². The third-order valence-corrected chi connectivity index (χ3v) is 2.33. The third-order valence-electron chi connectivity index (χ3n) is 2.33. The van der Waals surface area contributed by atoms with Crippen LogP contribution in [0.1, 0.15) is 19.8 Å². The van der Waals surface area contributed by atoms with Crippen molar-refractivity contribution in [2.45, 2.75) is 19.8 Å². The molecule has 1 heterocycles. The number of carbonyl (C=O) groups is 2. The predicted molar refractivity (Wildman–Crippen MR) is 49.0 cm³/mol. The van der Waals surface area contributed by atoms with Gasteiger partial charge in [0.05, 0.1) is 5.92 Å². The molecule has 1 fully saturated rings. The number of amides is 2. The van der Waals surface area contributed by atoms with E-state index in [0.717, 1.165) is 13.0 Å². The number of hydrogen-bond donors (Lipinski definition) is 1. The van der Waals surface area contributed by atoms with Crippen molar-refractivity contribution in [2.75, 3.05) is 20.1 Å². The summed E-state index contributed by atoms with van der Waals surface area (Å²) >= 11 is 0. The Morgan fingerprint density at radius 1 is 1.69 bits per heavy atom. The summed E-state index contributed by atoms with van der Waals surface area (Å²) in [4.78, 5) is 24.3. The van der Waals surface area contributed by atoms with Crippen LogP contribution in [0.3, 0.4) is 0 Å². The molecule has 1 rings (SSSR count). The molecule has 0 aliphatic carbocycles. The highest BCUT2D eigenvalue weighted by molar-refractivity contribution is 5.89. The van der Waals surface area contributed by atoms with E-state index in [1.54, 1.807) is 11.9 Å². The highest BCUT2D eigenvalue weighted by Crippen LogP contribution is 2.17. The van der Waals surface area contributed by atoms with Crippen LogP contribution < -0.4 is 5.32 Å². The smallest absolute Gasteiger partial charge is 0.225 e. The van der Waals surface area contributed by atoms with Gasteiger partial charge in [-0.3, -0.25) is 9.59 Å². The summed E-state index contributed by atoms with van der Waals surface area (Å²) in [6.45, 7) is 3.39. The van der Waals surface area contributed by atoms with Crippen LogP contribution in [-0.4, -0.2) is 36.9 Å². The minimum absolute atomic E-state index is 0.0213. The molecule has 0 saturated carbocycles. The molecule has 1 aliphatic rings. The normalized spacial score (nSPS) is 22.2. The van der Waals surface area contributed by atoms with Crippen LogP contribution in [0, 0.1) is 5.92 Å². The molecule has 0 aromatic rings. The first kappa shape index (κ1) is 10.0. The number of nitrogens with one attached hydrogen (secondary N) is 1. The van der Waals surface area contributed by atoms with Crippen LogP contribution in [0.5, 0.6) is 0 Å². The van der Waals surface area contributed by atoms with Gasteiger partial charge in [0.15, 0.2) is 0 Å². The van der Waals surface area contributed by atoms with E-state index in [1.807, 2.05) is 6.92 Å². The fraction of sp³-hybridized carbons (Fsp3) is 0.778. The van der Waals surface area contributed by atoms with E-state index in [1.165, 1.54) is 0 Å². The number of rotatable bonds is 3. The summed E-state index contributed by atoms with van der Waals surface area (Å²) in [5.41, 5.74) is 0. The van der Waals surface area contributed by atoms with Gasteiger partial charge < -0.3 is 10.2 Å². The highest BCUT2D eigenvalue weighted by Gasteiger charge is 2.32. The standard InChI is InChI=1S/C9H16N2O2/c1-3-4-11-6-7(5-8(11)12)9(13)10-2/h7H,3-6H2,1-2H3,(H,10,13). The van der Waals surface area contributed by atoms with Gasteiger partial charge in [-0.05, 0) is 6.42 Å². The SMILES string of the molecule is CCCN1CC(C(=O)NC)CC1=O. The predicted octanol–water partition coefficient (Wildman–Crippen LogP) is -0.00910. The minimum Gasteiger partial charge on any atom is -0.359 e. The Labute approximate surface area is 78.3 Å². The zero-order chi connectivity index (χ0) is 9.84. The van der Waals surface area contributed by atoms with E-state index in [4.69, 9.17) is 0 Å². The van der Waals surface area contributed by atoms with Gasteiger partial charge >= 0.3 is 0 Å². The minimum atomic E-state index is -0.135. The van der Waals surface area contributed by atoms with Crippen molar-refractivity contribution in [3.05, 3.63) is 0 Å². The van der Waals surface area contributed by atoms with Crippen molar-refractivity contribution < 1.29 is 9.59 Å². The van der Waals surface area contributed by atoms with Crippen molar-refractivity contribution in [2.24, 2.45) is 5.92 Å². The second-order valence-corrected chi connectivity index (χ2v) is 3.36. The van der Waals surface area contributed by atoms with Crippen LogP contribution in [0.2, 0.25) is 0 Å². The summed E-state index contributed by atoms with van der Waals surface area (Å²) in [7, 11) is 1.61. The van der Waals surface area contributed by atoms with E-state index in [9.17, 15) is 9.59 Å². The molecule has 0 aromatic heterocycles. The summed E-state index contributed by atoms with van der Waals surface area (Å²) in [5, 5.41) is 2.57. The molecule has 0 spiro atoms. The monoisotopic (exact) mass is 184 g/mol. The lowest BCUT2D eigenvalue weighted by molar-refractivity contribution is -0.128. The molecule has 13 heavy (non-hydrogen) atoms. The fourth-order valence-corrected chi connectivity index (χ4v) is 1.64. The van der Waals surface area contributed by atoms with Crippen molar-refractivity contribution >= 4 is 11.8 Å². The zero-order valence-corrected chi connectivity index (χ0v) is 8.17. The van der Waals surface area contributed by atoms with Crippen molar-refractivity contribution in [3.8, 4) is 0 Å². The lowest BCUT2D eigenvalue weighted by Gasteiger charge is -2.14. The van der Waals surface area contributed by atoms with Crippen molar-refractivity contribution in [1.29, 1.82) is 0 Å². The van der Waals surface area contributed by atoms with Crippen LogP contribution in [-0.2, 0) is 9.59 Å². The molecule has 1 aliphatic heterocycles. The van der Waals surface area contributed by atoms with Crippen LogP contribution in [0.4, 0.5) is 0 Å². The summed E-state index contributed by atoms with van der Waals surface area (Å²) < 4.78 is 0. The van der Waals surface area contributed by atoms with Crippen molar-refractivity contribution in [3.63, 3.8) is 0 Å². The molecule has 1 atom stereocenters. The molecule has 2 amide bonds. The lowest BCUT2D eigenvalue weighted by atomic mass is 10.1. The maximum absolute atomic E-state index is 11.3. The molecule has 0 bridgehead atoms. The maximum Gasteiger partial charge on any atom is 0.225 e. The van der Waals surface area contributed by atoms with E-state index >= 15 is 0 Å². The highest BCUT2D eigenvalue weighted by atomic mass is 16.2. The molecule has 4 nitrogen and oxygen atoms in total. The van der Waals surface area contributed by atoms with Gasteiger partial charge in [0.1, 0.15) is 0 Å². The average molecular weight is 184 g/mol. The Balaban J connectivity index is 2.49. The molecule has 74 valence electrons. The Morgan fingerprint density at radius 3 is 2.92 bits per heavy atom. The van der Waals surface area contributed by atoms with E-state index in [2.05, 4.69) is 5.32 Å². The van der Waals surface area contributed by atoms with Gasteiger partial charge in [-0.2, -0.15) is 0 Å². The fourth-order valence-electron chi connectivity index (χ4n) is 1.64. The van der Waals surface area contributed by atoms with Gasteiger partial charge in [-0.15, -0.1) is 0 Å². The summed E-state index contributed by atoms with van der Waals surface area (Å²) in [5.74, 6) is -0.0496. The largest absolute Gasteiger partial charge is 0.359 e. The molecule has 0 radical (unpaired) electrons. The molecular weight excluding hydrogens is 168 g/mol. The summed E-state index contributed by atoms with van der Waals surface area (Å²) in [6, 6.07) is 0. The second kappa shape index (κ2) is 4.25. The Bertz CT molecular complexity index is 216. The zero-order valence-electron chi connectivity index (χ0n) is 8.17. The molecular formula is C9H16N2O2. The summed E-state index contributed by atoms with van der Waals surface area (Å²) in [6.07, 6.45) is 1.33. The molecule has 4 heteroatoms. The van der Waals surface area contributed by atoms with Gasteiger partial charge in [0.2, 0.25) is 11.8 Å². The van der Waals surface area contributed by atoms with Gasteiger partial charge in [0.25, 0.3) is 0 Å². The first-order valence-electron chi connectivity index (χ1n) is 4.68. The Morgan fingerprint density at radius 2 is 2.38 bits per heavy atom. The van der Waals surface area contributed by atoms with Gasteiger partial charge in [-0.1, -0.05) is 6.92 Å². The van der Waals surface area contributed by atoms with Crippen LogP contribution in [0.15, 0.2) is 0 Å². The quantitative estimate of drug-likeness (QED) is 0.670. The Hall–Kier alpha value is -1.06. The molecule has 1 N–H and O–H groups in total. The lowest BCUT2D eigenvalue weighted by Crippen LogP contribution is -2.30. The van der Waals surface area contributed by atoms with E-state index in [-0.39, 0.29) is 17.7 Å². The first-order chi connectivity index (χ1) is 6.19. The first-order valence-corrected chi connectivity index (χ1v) is 4.68. The van der Waals surface area contributed by atoms with Crippen molar-refractivity contribution in [1.82, 2.24) is 10.2 Å². The second-order valence-electron chi connectivity index (χ2n) is 3.36. The average Bonchev–Trinajstić information content (AvgIpc) is 2.47. The Kier molecular flexibility index (Phi) is 3.28. The molecule has 1 unspecified atom stereocenters. The van der Waals surface area contributed by atoms with E-state index < -0.39 is 0 Å².